The first kappa shape index (κ1) is 18.1. The minimum absolute atomic E-state index is 0.171. The highest BCUT2D eigenvalue weighted by Crippen LogP contribution is 2.29. The Morgan fingerprint density at radius 2 is 1.77 bits per heavy atom. The molecule has 0 bridgehead atoms. The fraction of sp³-hybridized carbons (Fsp3) is 0.300. The van der Waals surface area contributed by atoms with Crippen LogP contribution in [0.5, 0.6) is 0 Å². The SMILES string of the molecule is CON=C1CNC(C(=O)N[C@H](c2ccccc2)[C@@H](O)c2ccccc2)C1. The van der Waals surface area contributed by atoms with E-state index in [0.717, 1.165) is 16.8 Å². The zero-order chi connectivity index (χ0) is 18.4. The Morgan fingerprint density at radius 1 is 1.15 bits per heavy atom. The van der Waals surface area contributed by atoms with Crippen LogP contribution in [0.4, 0.5) is 0 Å². The maximum Gasteiger partial charge on any atom is 0.238 e. The number of aliphatic hydroxyl groups excluding tert-OH is 1. The molecule has 0 aliphatic carbocycles. The summed E-state index contributed by atoms with van der Waals surface area (Å²) in [6.45, 7) is 0.517. The van der Waals surface area contributed by atoms with E-state index in [0.29, 0.717) is 13.0 Å². The number of rotatable bonds is 6. The molecular weight excluding hydrogens is 330 g/mol. The van der Waals surface area contributed by atoms with Crippen molar-refractivity contribution in [3.63, 3.8) is 0 Å². The van der Waals surface area contributed by atoms with Crippen LogP contribution in [0.3, 0.4) is 0 Å². The minimum atomic E-state index is -0.851. The van der Waals surface area contributed by atoms with Crippen molar-refractivity contribution >= 4 is 11.6 Å². The number of carbonyl (C=O) groups excluding carboxylic acids is 1. The number of aliphatic hydroxyl groups is 1. The van der Waals surface area contributed by atoms with Crippen LogP contribution >= 0.6 is 0 Å². The van der Waals surface area contributed by atoms with Gasteiger partial charge < -0.3 is 20.6 Å². The van der Waals surface area contributed by atoms with Crippen molar-refractivity contribution in [3.05, 3.63) is 71.8 Å². The molecule has 3 rings (SSSR count). The van der Waals surface area contributed by atoms with Gasteiger partial charge in [-0.3, -0.25) is 4.79 Å². The molecule has 26 heavy (non-hydrogen) atoms. The van der Waals surface area contributed by atoms with E-state index in [1.54, 1.807) is 0 Å². The molecule has 1 fully saturated rings. The lowest BCUT2D eigenvalue weighted by Crippen LogP contribution is -2.43. The van der Waals surface area contributed by atoms with Gasteiger partial charge in [-0.1, -0.05) is 65.8 Å². The molecule has 0 aromatic heterocycles. The number of nitrogens with one attached hydrogen (secondary N) is 2. The van der Waals surface area contributed by atoms with Crippen molar-refractivity contribution in [1.82, 2.24) is 10.6 Å². The van der Waals surface area contributed by atoms with Crippen LogP contribution < -0.4 is 10.6 Å². The van der Waals surface area contributed by atoms with E-state index in [1.807, 2.05) is 60.7 Å². The summed E-state index contributed by atoms with van der Waals surface area (Å²) < 4.78 is 0. The van der Waals surface area contributed by atoms with E-state index >= 15 is 0 Å². The molecule has 2 aromatic carbocycles. The van der Waals surface area contributed by atoms with Gasteiger partial charge in [-0.15, -0.1) is 0 Å². The van der Waals surface area contributed by atoms with Gasteiger partial charge >= 0.3 is 0 Å². The number of nitrogens with zero attached hydrogens (tertiary/aromatic N) is 1. The van der Waals surface area contributed by atoms with E-state index < -0.39 is 18.2 Å². The van der Waals surface area contributed by atoms with Gasteiger partial charge in [-0.05, 0) is 11.1 Å². The quantitative estimate of drug-likeness (QED) is 0.693. The molecular formula is C20H23N3O3. The summed E-state index contributed by atoms with van der Waals surface area (Å²) in [6, 6.07) is 17.9. The van der Waals surface area contributed by atoms with E-state index in [2.05, 4.69) is 15.8 Å². The molecule has 0 spiro atoms. The van der Waals surface area contributed by atoms with Gasteiger partial charge in [0.1, 0.15) is 13.2 Å². The Hall–Kier alpha value is -2.70. The highest BCUT2D eigenvalue weighted by atomic mass is 16.6. The number of amides is 1. The third-order valence-corrected chi connectivity index (χ3v) is 4.44. The summed E-state index contributed by atoms with van der Waals surface area (Å²) in [7, 11) is 1.49. The molecule has 136 valence electrons. The molecule has 0 radical (unpaired) electrons. The van der Waals surface area contributed by atoms with Crippen molar-refractivity contribution in [3.8, 4) is 0 Å². The molecule has 6 heteroatoms. The zero-order valence-electron chi connectivity index (χ0n) is 14.6. The van der Waals surface area contributed by atoms with Gasteiger partial charge in [0.15, 0.2) is 0 Å². The zero-order valence-corrected chi connectivity index (χ0v) is 14.6. The Kier molecular flexibility index (Phi) is 5.99. The average Bonchev–Trinajstić information content (AvgIpc) is 3.16. The number of hydrogen-bond donors (Lipinski definition) is 3. The third kappa shape index (κ3) is 4.28. The van der Waals surface area contributed by atoms with Gasteiger partial charge in [-0.25, -0.2) is 0 Å². The smallest absolute Gasteiger partial charge is 0.238 e. The second kappa shape index (κ2) is 8.60. The van der Waals surface area contributed by atoms with Crippen molar-refractivity contribution in [2.24, 2.45) is 5.16 Å². The molecule has 1 heterocycles. The Morgan fingerprint density at radius 3 is 2.38 bits per heavy atom. The Labute approximate surface area is 152 Å². The van der Waals surface area contributed by atoms with Gasteiger partial charge in [0.2, 0.25) is 5.91 Å². The van der Waals surface area contributed by atoms with Crippen LogP contribution in [-0.4, -0.2) is 36.4 Å². The molecule has 3 atom stereocenters. The van der Waals surface area contributed by atoms with Crippen molar-refractivity contribution < 1.29 is 14.7 Å². The minimum Gasteiger partial charge on any atom is -0.399 e. The lowest BCUT2D eigenvalue weighted by Gasteiger charge is -2.26. The molecule has 1 amide bonds. The van der Waals surface area contributed by atoms with Crippen LogP contribution in [-0.2, 0) is 9.63 Å². The van der Waals surface area contributed by atoms with Gasteiger partial charge in [0.05, 0.1) is 17.8 Å². The molecule has 6 nitrogen and oxygen atoms in total. The van der Waals surface area contributed by atoms with Crippen LogP contribution in [0.1, 0.15) is 29.7 Å². The summed E-state index contributed by atoms with van der Waals surface area (Å²) in [4.78, 5) is 17.5. The molecule has 1 aliphatic heterocycles. The molecule has 2 aromatic rings. The molecule has 1 aliphatic rings. The van der Waals surface area contributed by atoms with Crippen LogP contribution in [0.25, 0.3) is 0 Å². The summed E-state index contributed by atoms with van der Waals surface area (Å²) in [5.74, 6) is -0.171. The fourth-order valence-corrected chi connectivity index (χ4v) is 3.11. The van der Waals surface area contributed by atoms with E-state index in [9.17, 15) is 9.90 Å². The predicted molar refractivity (Wildman–Crippen MR) is 99.6 cm³/mol. The summed E-state index contributed by atoms with van der Waals surface area (Å²) >= 11 is 0. The third-order valence-electron chi connectivity index (χ3n) is 4.44. The first-order valence-corrected chi connectivity index (χ1v) is 8.59. The monoisotopic (exact) mass is 353 g/mol. The van der Waals surface area contributed by atoms with E-state index in [1.165, 1.54) is 7.11 Å². The first-order chi connectivity index (χ1) is 12.7. The van der Waals surface area contributed by atoms with E-state index in [4.69, 9.17) is 4.84 Å². The molecule has 3 N–H and O–H groups in total. The average molecular weight is 353 g/mol. The maximum absolute atomic E-state index is 12.7. The van der Waals surface area contributed by atoms with Crippen molar-refractivity contribution in [2.45, 2.75) is 24.6 Å². The normalized spacial score (nSPS) is 20.5. The number of carbonyl (C=O) groups is 1. The molecule has 1 unspecified atom stereocenters. The second-order valence-electron chi connectivity index (χ2n) is 6.23. The largest absolute Gasteiger partial charge is 0.399 e. The van der Waals surface area contributed by atoms with Gasteiger partial charge in [0, 0.05) is 13.0 Å². The number of benzene rings is 2. The van der Waals surface area contributed by atoms with Crippen LogP contribution in [0.2, 0.25) is 0 Å². The molecule has 0 saturated carbocycles. The first-order valence-electron chi connectivity index (χ1n) is 8.59. The summed E-state index contributed by atoms with van der Waals surface area (Å²) in [5.41, 5.74) is 2.40. The van der Waals surface area contributed by atoms with Crippen LogP contribution in [0, 0.1) is 0 Å². The topological polar surface area (TPSA) is 83.0 Å². The summed E-state index contributed by atoms with van der Waals surface area (Å²) in [5, 5.41) is 20.9. The second-order valence-corrected chi connectivity index (χ2v) is 6.23. The van der Waals surface area contributed by atoms with E-state index in [-0.39, 0.29) is 5.91 Å². The number of oxime groups is 1. The number of hydrogen-bond acceptors (Lipinski definition) is 5. The Bertz CT molecular complexity index is 749. The lowest BCUT2D eigenvalue weighted by molar-refractivity contribution is -0.124. The maximum atomic E-state index is 12.7. The lowest BCUT2D eigenvalue weighted by atomic mass is 9.95. The fourth-order valence-electron chi connectivity index (χ4n) is 3.11. The predicted octanol–water partition coefficient (Wildman–Crippen LogP) is 1.94. The van der Waals surface area contributed by atoms with Crippen molar-refractivity contribution in [2.75, 3.05) is 13.7 Å². The summed E-state index contributed by atoms with van der Waals surface area (Å²) in [6.07, 6.45) is -0.362. The molecule has 1 saturated heterocycles. The highest BCUT2D eigenvalue weighted by molar-refractivity contribution is 5.96. The standard InChI is InChI=1S/C20H23N3O3/c1-26-23-16-12-17(21-13-16)20(25)22-18(14-8-4-2-5-9-14)19(24)15-10-6-3-7-11-15/h2-11,17-19,21,24H,12-13H2,1H3,(H,22,25)/t17?,18-,19+/m1/s1. The van der Waals surface area contributed by atoms with Gasteiger partial charge in [0.25, 0.3) is 0 Å². The van der Waals surface area contributed by atoms with Gasteiger partial charge in [-0.2, -0.15) is 0 Å². The Balaban J connectivity index is 1.78. The highest BCUT2D eigenvalue weighted by Gasteiger charge is 2.31. The van der Waals surface area contributed by atoms with Crippen molar-refractivity contribution in [1.29, 1.82) is 0 Å². The van der Waals surface area contributed by atoms with Crippen LogP contribution in [0.15, 0.2) is 65.8 Å².